The number of nitrogens with zero attached hydrogens (tertiary/aromatic N) is 3. The second-order valence-electron chi connectivity index (χ2n) is 12.9. The third kappa shape index (κ3) is 4.23. The van der Waals surface area contributed by atoms with Gasteiger partial charge in [-0.25, -0.2) is 0 Å². The number of ether oxygens (including phenoxy) is 1. The summed E-state index contributed by atoms with van der Waals surface area (Å²) in [7, 11) is 2.76. The highest BCUT2D eigenvalue weighted by Gasteiger charge is 2.76. The van der Waals surface area contributed by atoms with Crippen LogP contribution in [-0.2, 0) is 25.7 Å². The number of methoxy groups -OCH3 is 1. The quantitative estimate of drug-likeness (QED) is 0.295. The molecule has 1 N–H and O–H groups in total. The van der Waals surface area contributed by atoms with Crippen molar-refractivity contribution in [2.45, 2.75) is 53.9 Å². The number of hydrogen-bond donors (Lipinski definition) is 1. The Morgan fingerprint density at radius 2 is 1.64 bits per heavy atom. The van der Waals surface area contributed by atoms with Gasteiger partial charge in [0, 0.05) is 44.2 Å². The van der Waals surface area contributed by atoms with E-state index >= 15 is 0 Å². The number of aromatic hydroxyl groups is 1. The highest BCUT2D eigenvalue weighted by Crippen LogP contribution is 2.66. The van der Waals surface area contributed by atoms with Crippen LogP contribution >= 0.6 is 23.2 Å². The molecule has 4 amide bonds. The summed E-state index contributed by atoms with van der Waals surface area (Å²) in [4.78, 5) is 56.6. The highest BCUT2D eigenvalue weighted by atomic mass is 35.5. The second-order valence-corrected chi connectivity index (χ2v) is 14.2. The molecule has 3 heterocycles. The number of piperidine rings is 1. The summed E-state index contributed by atoms with van der Waals surface area (Å²) in [5.41, 5.74) is 2.14. The maximum atomic E-state index is 14.3. The van der Waals surface area contributed by atoms with E-state index < -0.39 is 45.2 Å². The van der Waals surface area contributed by atoms with Crippen molar-refractivity contribution >= 4 is 46.8 Å². The van der Waals surface area contributed by atoms with Crippen molar-refractivity contribution in [2.75, 3.05) is 27.2 Å². The van der Waals surface area contributed by atoms with Gasteiger partial charge >= 0.3 is 0 Å². The number of benzene rings is 2. The van der Waals surface area contributed by atoms with Gasteiger partial charge in [0.15, 0.2) is 21.2 Å². The molecule has 3 aliphatic heterocycles. The number of halogens is 2. The van der Waals surface area contributed by atoms with E-state index in [1.165, 1.54) is 24.6 Å². The van der Waals surface area contributed by atoms with Gasteiger partial charge < -0.3 is 9.84 Å². The van der Waals surface area contributed by atoms with E-state index in [0.29, 0.717) is 18.4 Å². The number of imide groups is 2. The fraction of sp³-hybridized carbons (Fsp3) is 0.471. The van der Waals surface area contributed by atoms with Gasteiger partial charge in [0.1, 0.15) is 0 Å². The van der Waals surface area contributed by atoms with Crippen molar-refractivity contribution < 1.29 is 29.0 Å². The van der Waals surface area contributed by atoms with Gasteiger partial charge in [-0.15, -0.1) is 23.2 Å². The van der Waals surface area contributed by atoms with Crippen LogP contribution in [0.1, 0.15) is 42.7 Å². The molecule has 236 valence electrons. The summed E-state index contributed by atoms with van der Waals surface area (Å²) in [5, 5.41) is 11.3. The zero-order valence-electron chi connectivity index (χ0n) is 25.1. The maximum Gasteiger partial charge on any atom is 0.253 e. The van der Waals surface area contributed by atoms with Gasteiger partial charge in [0.05, 0.1) is 18.9 Å². The SMILES string of the molecule is COc1cccc([C@H]2C3=CC[C@@H]4C(=O)N(C5CCN(Cc6ccccc6)CC5)C(=O)[C@@H]4[C@@H]3C[C@@]3(Cl)C(=O)N(C)C(=O)[C@@]23Cl)c1O. The van der Waals surface area contributed by atoms with Crippen molar-refractivity contribution in [3.63, 3.8) is 0 Å². The molecular weight excluding hydrogens is 617 g/mol. The van der Waals surface area contributed by atoms with Crippen LogP contribution < -0.4 is 4.74 Å². The number of amides is 4. The predicted octanol–water partition coefficient (Wildman–Crippen LogP) is 4.05. The molecule has 0 bridgehead atoms. The summed E-state index contributed by atoms with van der Waals surface area (Å²) in [6.45, 7) is 2.34. The first-order valence-electron chi connectivity index (χ1n) is 15.4. The predicted molar refractivity (Wildman–Crippen MR) is 167 cm³/mol. The molecule has 2 aromatic carbocycles. The van der Waals surface area contributed by atoms with Crippen LogP contribution in [0.3, 0.4) is 0 Å². The lowest BCUT2D eigenvalue weighted by molar-refractivity contribution is -0.144. The average Bonchev–Trinajstić information content (AvgIpc) is 3.37. The van der Waals surface area contributed by atoms with E-state index in [1.54, 1.807) is 18.2 Å². The molecule has 0 spiro atoms. The first-order valence-corrected chi connectivity index (χ1v) is 16.2. The van der Waals surface area contributed by atoms with Gasteiger partial charge in [-0.05, 0) is 43.2 Å². The van der Waals surface area contributed by atoms with Gasteiger partial charge in [-0.1, -0.05) is 54.1 Å². The number of carbonyl (C=O) groups is 4. The summed E-state index contributed by atoms with van der Waals surface area (Å²) in [5.74, 6) is -4.85. The maximum absolute atomic E-state index is 14.3. The van der Waals surface area contributed by atoms with Gasteiger partial charge in [-0.3, -0.25) is 33.9 Å². The van der Waals surface area contributed by atoms with E-state index in [0.717, 1.165) is 24.5 Å². The number of phenols is 1. The topological polar surface area (TPSA) is 107 Å². The van der Waals surface area contributed by atoms with E-state index in [4.69, 9.17) is 27.9 Å². The van der Waals surface area contributed by atoms with Crippen LogP contribution in [0, 0.1) is 17.8 Å². The number of phenolic OH excluding ortho intramolecular Hbond substituents is 1. The van der Waals surface area contributed by atoms with Crippen LogP contribution in [0.25, 0.3) is 0 Å². The molecule has 7 rings (SSSR count). The van der Waals surface area contributed by atoms with Crippen LogP contribution in [0.4, 0.5) is 0 Å². The lowest BCUT2D eigenvalue weighted by atomic mass is 9.56. The van der Waals surface area contributed by atoms with E-state index in [-0.39, 0.29) is 47.8 Å². The number of alkyl halides is 2. The zero-order valence-corrected chi connectivity index (χ0v) is 26.6. The fourth-order valence-corrected chi connectivity index (χ4v) is 9.60. The summed E-state index contributed by atoms with van der Waals surface area (Å²) >= 11 is 14.5. The van der Waals surface area contributed by atoms with Gasteiger partial charge in [-0.2, -0.15) is 0 Å². The Bertz CT molecular complexity index is 1620. The molecular formula is C34H35Cl2N3O6. The molecule has 2 aliphatic carbocycles. The number of hydrogen-bond acceptors (Lipinski definition) is 7. The number of fused-ring (bicyclic) bond motifs is 4. The van der Waals surface area contributed by atoms with Crippen LogP contribution in [0.2, 0.25) is 0 Å². The largest absolute Gasteiger partial charge is 0.504 e. The van der Waals surface area contributed by atoms with Crippen LogP contribution in [0.15, 0.2) is 60.2 Å². The Kier molecular flexibility index (Phi) is 7.30. The van der Waals surface area contributed by atoms with Crippen molar-refractivity contribution in [1.82, 2.24) is 14.7 Å². The minimum Gasteiger partial charge on any atom is -0.504 e. The van der Waals surface area contributed by atoms with Crippen molar-refractivity contribution in [3.05, 3.63) is 71.3 Å². The Morgan fingerprint density at radius 1 is 0.933 bits per heavy atom. The van der Waals surface area contributed by atoms with Crippen LogP contribution in [0.5, 0.6) is 11.5 Å². The highest BCUT2D eigenvalue weighted by molar-refractivity contribution is 6.53. The number of carbonyl (C=O) groups excluding carboxylic acids is 4. The normalized spacial score (nSPS) is 33.6. The fourth-order valence-electron chi connectivity index (χ4n) is 8.59. The minimum absolute atomic E-state index is 0.0798. The summed E-state index contributed by atoms with van der Waals surface area (Å²) < 4.78 is 5.36. The monoisotopic (exact) mass is 651 g/mol. The molecule has 4 fully saturated rings. The molecule has 1 saturated carbocycles. The molecule has 2 aromatic rings. The molecule has 0 unspecified atom stereocenters. The number of allylic oxidation sites excluding steroid dienone is 2. The molecule has 45 heavy (non-hydrogen) atoms. The van der Waals surface area contributed by atoms with Gasteiger partial charge in [0.25, 0.3) is 11.8 Å². The lowest BCUT2D eigenvalue weighted by Crippen LogP contribution is -2.60. The second kappa shape index (κ2) is 10.9. The van der Waals surface area contributed by atoms with Crippen molar-refractivity contribution in [1.29, 1.82) is 0 Å². The molecule has 0 radical (unpaired) electrons. The Labute approximate surface area is 271 Å². The van der Waals surface area contributed by atoms with Crippen LogP contribution in [-0.4, -0.2) is 86.5 Å². The number of likely N-dealkylation sites (tertiary alicyclic amines) is 3. The van der Waals surface area contributed by atoms with Gasteiger partial charge in [0.2, 0.25) is 11.8 Å². The third-order valence-electron chi connectivity index (χ3n) is 10.8. The minimum atomic E-state index is -1.96. The smallest absolute Gasteiger partial charge is 0.253 e. The first-order chi connectivity index (χ1) is 21.5. The Balaban J connectivity index is 1.22. The number of rotatable bonds is 5. The Hall–Kier alpha value is -3.40. The van der Waals surface area contributed by atoms with Crippen molar-refractivity contribution in [2.24, 2.45) is 17.8 Å². The first kappa shape index (κ1) is 30.3. The zero-order chi connectivity index (χ0) is 31.8. The van der Waals surface area contributed by atoms with E-state index in [1.807, 2.05) is 24.3 Å². The summed E-state index contributed by atoms with van der Waals surface area (Å²) in [6.07, 6.45) is 3.44. The Morgan fingerprint density at radius 3 is 2.33 bits per heavy atom. The molecule has 3 saturated heterocycles. The molecule has 9 nitrogen and oxygen atoms in total. The lowest BCUT2D eigenvalue weighted by Gasteiger charge is -2.50. The number of para-hydroxylation sites is 1. The molecule has 0 aromatic heterocycles. The van der Waals surface area contributed by atoms with Crippen molar-refractivity contribution in [3.8, 4) is 11.5 Å². The van der Waals surface area contributed by atoms with E-state index in [9.17, 15) is 24.3 Å². The average molecular weight is 653 g/mol. The standard InChI is InChI=1S/C34H35Cl2N3O6/c1-37-31(43)33(35)17-24-21(27(34(33,36)32(37)44)23-9-6-10-25(45-2)28(23)40)11-12-22-26(24)30(42)39(29(22)41)20-13-15-38(16-14-20)18-19-7-4-3-5-8-19/h3-11,20,22,24,26-27,40H,12-18H2,1-2H3/t22-,24+,26-,27+,33+,34-/m0/s1. The third-order valence-corrected chi connectivity index (χ3v) is 12.2. The molecule has 6 atom stereocenters. The summed E-state index contributed by atoms with van der Waals surface area (Å²) in [6, 6.07) is 14.9. The molecule has 5 aliphatic rings. The van der Waals surface area contributed by atoms with E-state index in [2.05, 4.69) is 17.0 Å². The molecule has 11 heteroatoms.